The van der Waals surface area contributed by atoms with Crippen LogP contribution in [0, 0.1) is 5.92 Å². The first kappa shape index (κ1) is 39.8. The average Bonchev–Trinajstić information content (AvgIpc) is 3.99. The Morgan fingerprint density at radius 1 is 0.426 bits per heavy atom. The molecular formula is C64H54N2O2. The fourth-order valence-electron chi connectivity index (χ4n) is 12.9. The van der Waals surface area contributed by atoms with Crippen LogP contribution in [0.25, 0.3) is 56.0 Å². The van der Waals surface area contributed by atoms with Crippen molar-refractivity contribution >= 4 is 84.5 Å². The fourth-order valence-corrected chi connectivity index (χ4v) is 12.9. The standard InChI is InChI=1S/C64H54N2O2/c1-3-13-41(14-4-1)43-25-33-47(34-26-43)65(57-21-11-19-51-49-17-7-9-23-59(49)67-63(51)57)55-39-31-45-30-38-54-56(40-32-46-29-37-53(55)61(45)62(46)54)66(48-35-27-44(28-36-48)42-15-5-2-6-16-42)58-22-12-20-52-50-18-8-10-24-60(50)68-64(52)58/h7-12,17-42,53,61H,1-6,13-16H2. The van der Waals surface area contributed by atoms with Crippen molar-refractivity contribution in [2.45, 2.75) is 82.0 Å². The van der Waals surface area contributed by atoms with Crippen LogP contribution in [0.5, 0.6) is 0 Å². The molecule has 4 heteroatoms. The van der Waals surface area contributed by atoms with Crippen molar-refractivity contribution in [3.05, 3.63) is 209 Å². The quantitative estimate of drug-likeness (QED) is 0.152. The smallest absolute Gasteiger partial charge is 0.159 e. The third-order valence-corrected chi connectivity index (χ3v) is 16.2. The number of hydrogen-bond acceptors (Lipinski definition) is 4. The van der Waals surface area contributed by atoms with E-state index in [9.17, 15) is 0 Å². The number of furan rings is 2. The summed E-state index contributed by atoms with van der Waals surface area (Å²) in [5.41, 5.74) is 18.6. The summed E-state index contributed by atoms with van der Waals surface area (Å²) in [6.07, 6.45) is 27.5. The number of anilines is 5. The van der Waals surface area contributed by atoms with E-state index in [1.807, 2.05) is 0 Å². The van der Waals surface area contributed by atoms with Crippen LogP contribution in [0.15, 0.2) is 190 Å². The van der Waals surface area contributed by atoms with E-state index in [0.29, 0.717) is 11.8 Å². The van der Waals surface area contributed by atoms with Gasteiger partial charge in [0.25, 0.3) is 0 Å². The van der Waals surface area contributed by atoms with Crippen LogP contribution in [0.3, 0.4) is 0 Å². The Balaban J connectivity index is 0.921. The van der Waals surface area contributed by atoms with Gasteiger partial charge in [0.2, 0.25) is 0 Å². The van der Waals surface area contributed by atoms with E-state index >= 15 is 0 Å². The first-order valence-corrected chi connectivity index (χ1v) is 25.3. The molecule has 2 heterocycles. The predicted molar refractivity (Wildman–Crippen MR) is 283 cm³/mol. The molecule has 2 aromatic heterocycles. The van der Waals surface area contributed by atoms with E-state index in [-0.39, 0.29) is 11.8 Å². The summed E-state index contributed by atoms with van der Waals surface area (Å²) in [5.74, 6) is 1.46. The summed E-state index contributed by atoms with van der Waals surface area (Å²) in [4.78, 5) is 4.98. The van der Waals surface area contributed by atoms with Crippen molar-refractivity contribution in [2.75, 3.05) is 9.80 Å². The first-order valence-electron chi connectivity index (χ1n) is 25.3. The molecule has 2 fully saturated rings. The summed E-state index contributed by atoms with van der Waals surface area (Å²) >= 11 is 0. The van der Waals surface area contributed by atoms with Crippen molar-refractivity contribution in [3.8, 4) is 0 Å². The van der Waals surface area contributed by atoms with Crippen molar-refractivity contribution in [3.63, 3.8) is 0 Å². The fraction of sp³-hybridized carbons (Fsp3) is 0.219. The van der Waals surface area contributed by atoms with Gasteiger partial charge in [0, 0.05) is 56.0 Å². The number of nitrogens with zero attached hydrogens (tertiary/aromatic N) is 2. The van der Waals surface area contributed by atoms with Gasteiger partial charge in [-0.2, -0.15) is 0 Å². The van der Waals surface area contributed by atoms with E-state index in [4.69, 9.17) is 8.83 Å². The molecular weight excluding hydrogens is 829 g/mol. The van der Waals surface area contributed by atoms with Crippen molar-refractivity contribution in [2.24, 2.45) is 5.92 Å². The number of rotatable bonds is 8. The molecule has 0 radical (unpaired) electrons. The Kier molecular flexibility index (Phi) is 9.49. The maximum atomic E-state index is 6.83. The lowest BCUT2D eigenvalue weighted by Crippen LogP contribution is -2.31. The SMILES string of the molecule is C1=Cc2c(N(c3ccc(C4CCCCC4)cc3)c3cccc4c3oc3ccccc34)ccc3c2C2C1=CC=C(N(c1ccc(C4CCCCC4)cc1)c1cccc4c1oc1ccccc14)C2C=C3. The Bertz CT molecular complexity index is 3550. The van der Waals surface area contributed by atoms with Crippen LogP contribution in [0.1, 0.15) is 110 Å². The molecule has 9 aromatic rings. The zero-order chi connectivity index (χ0) is 44.7. The first-order chi connectivity index (χ1) is 33.7. The van der Waals surface area contributed by atoms with Crippen LogP contribution in [-0.4, -0.2) is 0 Å². The van der Waals surface area contributed by atoms with Crippen LogP contribution >= 0.6 is 0 Å². The molecule has 0 saturated heterocycles. The topological polar surface area (TPSA) is 32.8 Å². The van der Waals surface area contributed by atoms with E-state index < -0.39 is 0 Å². The maximum Gasteiger partial charge on any atom is 0.159 e. The summed E-state index contributed by atoms with van der Waals surface area (Å²) in [5, 5.41) is 4.55. The molecule has 0 bridgehead atoms. The number of benzene rings is 7. The monoisotopic (exact) mass is 882 g/mol. The molecule has 2 unspecified atom stereocenters. The van der Waals surface area contributed by atoms with Gasteiger partial charge < -0.3 is 18.6 Å². The highest BCUT2D eigenvalue weighted by molar-refractivity contribution is 6.11. The van der Waals surface area contributed by atoms with Gasteiger partial charge in [0.1, 0.15) is 11.2 Å². The summed E-state index contributed by atoms with van der Waals surface area (Å²) in [6.45, 7) is 0. The van der Waals surface area contributed by atoms with Crippen molar-refractivity contribution < 1.29 is 8.83 Å². The highest BCUT2D eigenvalue weighted by Gasteiger charge is 2.40. The lowest BCUT2D eigenvalue weighted by atomic mass is 9.67. The number of fused-ring (bicyclic) bond motifs is 6. The number of allylic oxidation sites excluding steroid dienone is 5. The Labute approximate surface area is 398 Å². The minimum atomic E-state index is 0.0705. The molecule has 2 saturated carbocycles. The van der Waals surface area contributed by atoms with Crippen molar-refractivity contribution in [1.82, 2.24) is 0 Å². The van der Waals surface area contributed by atoms with Gasteiger partial charge in [-0.05, 0) is 126 Å². The normalized spacial score (nSPS) is 19.1. The van der Waals surface area contributed by atoms with E-state index in [2.05, 4.69) is 192 Å². The summed E-state index contributed by atoms with van der Waals surface area (Å²) in [6, 6.07) is 53.9. The van der Waals surface area contributed by atoms with Gasteiger partial charge in [0.15, 0.2) is 11.2 Å². The lowest BCUT2D eigenvalue weighted by molar-refractivity contribution is 0.443. The van der Waals surface area contributed by atoms with Gasteiger partial charge in [0.05, 0.1) is 17.1 Å². The van der Waals surface area contributed by atoms with Gasteiger partial charge in [-0.15, -0.1) is 0 Å². The highest BCUT2D eigenvalue weighted by atomic mass is 16.3. The van der Waals surface area contributed by atoms with Gasteiger partial charge >= 0.3 is 0 Å². The molecule has 7 aromatic carbocycles. The summed E-state index contributed by atoms with van der Waals surface area (Å²) < 4.78 is 13.7. The molecule has 68 heavy (non-hydrogen) atoms. The molecule has 332 valence electrons. The third kappa shape index (κ3) is 6.40. The molecule has 4 nitrogen and oxygen atoms in total. The Hall–Kier alpha value is -7.30. The van der Waals surface area contributed by atoms with Gasteiger partial charge in [-0.3, -0.25) is 0 Å². The second-order valence-electron chi connectivity index (χ2n) is 20.0. The van der Waals surface area contributed by atoms with Crippen LogP contribution in [0.2, 0.25) is 0 Å². The Morgan fingerprint density at radius 3 is 1.57 bits per heavy atom. The van der Waals surface area contributed by atoms with E-state index in [0.717, 1.165) is 72.3 Å². The minimum Gasteiger partial charge on any atom is -0.454 e. The minimum absolute atomic E-state index is 0.0705. The Morgan fingerprint density at radius 2 is 0.971 bits per heavy atom. The zero-order valence-corrected chi connectivity index (χ0v) is 38.4. The molecule has 2 atom stereocenters. The maximum absolute atomic E-state index is 6.83. The second kappa shape index (κ2) is 16.2. The van der Waals surface area contributed by atoms with Crippen LogP contribution in [0.4, 0.5) is 28.4 Å². The molecule has 0 aliphatic heterocycles. The summed E-state index contributed by atoms with van der Waals surface area (Å²) in [7, 11) is 0. The molecule has 0 N–H and O–H groups in total. The van der Waals surface area contributed by atoms with Gasteiger partial charge in [-0.1, -0.05) is 160 Å². The third-order valence-electron chi connectivity index (χ3n) is 16.2. The second-order valence-corrected chi connectivity index (χ2v) is 20.0. The van der Waals surface area contributed by atoms with Crippen molar-refractivity contribution in [1.29, 1.82) is 0 Å². The van der Waals surface area contributed by atoms with Gasteiger partial charge in [-0.25, -0.2) is 0 Å². The molecule has 5 aliphatic carbocycles. The highest BCUT2D eigenvalue weighted by Crippen LogP contribution is 2.55. The zero-order valence-electron chi connectivity index (χ0n) is 38.4. The van der Waals surface area contributed by atoms with E-state index in [1.54, 1.807) is 0 Å². The van der Waals surface area contributed by atoms with Crippen LogP contribution in [-0.2, 0) is 0 Å². The molecule has 0 spiro atoms. The van der Waals surface area contributed by atoms with E-state index in [1.165, 1.54) is 103 Å². The number of para-hydroxylation sites is 4. The average molecular weight is 883 g/mol. The molecule has 5 aliphatic rings. The molecule has 14 rings (SSSR count). The van der Waals surface area contributed by atoms with Crippen LogP contribution < -0.4 is 9.80 Å². The largest absolute Gasteiger partial charge is 0.454 e. The predicted octanol–water partition coefficient (Wildman–Crippen LogP) is 18.5. The molecule has 0 amide bonds. The number of hydrogen-bond donors (Lipinski definition) is 0. The lowest BCUT2D eigenvalue weighted by Gasteiger charge is -2.42.